The Kier molecular flexibility index (Phi) is 9.48. The van der Waals surface area contributed by atoms with Crippen molar-refractivity contribution in [1.82, 2.24) is 15.5 Å². The Morgan fingerprint density at radius 1 is 1.11 bits per heavy atom. The standard InChI is InChI=1S/C16H35N3/c1-4-12-19(13-5-2)14-6-7-15(3)18-16-8-10-17-11-9-16/h15-18H,4-14H2,1-3H3. The van der Waals surface area contributed by atoms with Gasteiger partial charge in [0.15, 0.2) is 0 Å². The van der Waals surface area contributed by atoms with E-state index in [1.54, 1.807) is 0 Å². The molecule has 0 aromatic heterocycles. The van der Waals surface area contributed by atoms with Crippen LogP contribution in [0.4, 0.5) is 0 Å². The minimum absolute atomic E-state index is 0.674. The van der Waals surface area contributed by atoms with E-state index in [9.17, 15) is 0 Å². The van der Waals surface area contributed by atoms with Crippen LogP contribution in [0.3, 0.4) is 0 Å². The lowest BCUT2D eigenvalue weighted by atomic mass is 10.0. The molecule has 2 N–H and O–H groups in total. The molecule has 0 aromatic carbocycles. The molecule has 0 spiro atoms. The number of nitrogens with zero attached hydrogens (tertiary/aromatic N) is 1. The topological polar surface area (TPSA) is 27.3 Å². The molecule has 0 aromatic rings. The number of nitrogens with one attached hydrogen (secondary N) is 2. The van der Waals surface area contributed by atoms with E-state index >= 15 is 0 Å². The smallest absolute Gasteiger partial charge is 0.00937 e. The van der Waals surface area contributed by atoms with Crippen molar-refractivity contribution in [3.63, 3.8) is 0 Å². The van der Waals surface area contributed by atoms with Crippen LogP contribution < -0.4 is 10.6 Å². The van der Waals surface area contributed by atoms with E-state index in [-0.39, 0.29) is 0 Å². The molecule has 1 rings (SSSR count). The molecule has 3 nitrogen and oxygen atoms in total. The average Bonchev–Trinajstić information content (AvgIpc) is 2.40. The van der Waals surface area contributed by atoms with Crippen LogP contribution >= 0.6 is 0 Å². The van der Waals surface area contributed by atoms with Crippen molar-refractivity contribution in [3.05, 3.63) is 0 Å². The maximum atomic E-state index is 3.80. The van der Waals surface area contributed by atoms with Gasteiger partial charge in [-0.2, -0.15) is 0 Å². The van der Waals surface area contributed by atoms with Gasteiger partial charge in [0, 0.05) is 12.1 Å². The first-order chi connectivity index (χ1) is 9.26. The molecule has 1 fully saturated rings. The van der Waals surface area contributed by atoms with E-state index in [2.05, 4.69) is 36.3 Å². The normalized spacial score (nSPS) is 18.9. The van der Waals surface area contributed by atoms with Gasteiger partial charge in [-0.15, -0.1) is 0 Å². The van der Waals surface area contributed by atoms with E-state index in [4.69, 9.17) is 0 Å². The fourth-order valence-electron chi connectivity index (χ4n) is 3.06. The second kappa shape index (κ2) is 10.6. The molecule has 1 heterocycles. The first-order valence-corrected chi connectivity index (χ1v) is 8.45. The Hall–Kier alpha value is -0.120. The lowest BCUT2D eigenvalue weighted by molar-refractivity contribution is 0.260. The molecule has 1 saturated heterocycles. The first kappa shape index (κ1) is 16.9. The summed E-state index contributed by atoms with van der Waals surface area (Å²) in [6.45, 7) is 13.1. The second-order valence-electron chi connectivity index (χ2n) is 6.08. The van der Waals surface area contributed by atoms with Gasteiger partial charge in [-0.05, 0) is 78.2 Å². The summed E-state index contributed by atoms with van der Waals surface area (Å²) in [6, 6.07) is 1.42. The molecule has 1 aliphatic rings. The molecule has 0 aliphatic carbocycles. The lowest BCUT2D eigenvalue weighted by Gasteiger charge is -2.28. The SMILES string of the molecule is CCCN(CCC)CCCC(C)NC1CCNCC1. The highest BCUT2D eigenvalue weighted by Crippen LogP contribution is 2.07. The zero-order valence-corrected chi connectivity index (χ0v) is 13.4. The number of hydrogen-bond donors (Lipinski definition) is 2. The fraction of sp³-hybridized carbons (Fsp3) is 1.00. The van der Waals surface area contributed by atoms with Crippen molar-refractivity contribution in [2.45, 2.75) is 71.4 Å². The molecule has 0 bridgehead atoms. The minimum atomic E-state index is 0.674. The number of hydrogen-bond acceptors (Lipinski definition) is 3. The molecule has 1 atom stereocenters. The van der Waals surface area contributed by atoms with Crippen LogP contribution in [0.25, 0.3) is 0 Å². The summed E-state index contributed by atoms with van der Waals surface area (Å²) in [7, 11) is 0. The average molecular weight is 269 g/mol. The maximum absolute atomic E-state index is 3.80. The van der Waals surface area contributed by atoms with Crippen molar-refractivity contribution in [3.8, 4) is 0 Å². The Bertz CT molecular complexity index is 196. The predicted molar refractivity (Wildman–Crippen MR) is 84.7 cm³/mol. The number of piperidine rings is 1. The van der Waals surface area contributed by atoms with Gasteiger partial charge in [-0.1, -0.05) is 13.8 Å². The van der Waals surface area contributed by atoms with Crippen LogP contribution in [0.2, 0.25) is 0 Å². The van der Waals surface area contributed by atoms with Gasteiger partial charge in [0.1, 0.15) is 0 Å². The predicted octanol–water partition coefficient (Wildman–Crippen LogP) is 2.62. The zero-order valence-electron chi connectivity index (χ0n) is 13.4. The van der Waals surface area contributed by atoms with E-state index in [0.717, 1.165) is 6.04 Å². The van der Waals surface area contributed by atoms with Gasteiger partial charge in [0.2, 0.25) is 0 Å². The van der Waals surface area contributed by atoms with Gasteiger partial charge in [-0.3, -0.25) is 0 Å². The van der Waals surface area contributed by atoms with Crippen LogP contribution in [0.5, 0.6) is 0 Å². The Morgan fingerprint density at radius 2 is 1.74 bits per heavy atom. The van der Waals surface area contributed by atoms with E-state index in [1.165, 1.54) is 71.2 Å². The Balaban J connectivity index is 2.09. The van der Waals surface area contributed by atoms with Crippen molar-refractivity contribution in [1.29, 1.82) is 0 Å². The van der Waals surface area contributed by atoms with E-state index in [1.807, 2.05) is 0 Å². The lowest BCUT2D eigenvalue weighted by Crippen LogP contribution is -2.43. The van der Waals surface area contributed by atoms with Gasteiger partial charge in [0.05, 0.1) is 0 Å². The van der Waals surface area contributed by atoms with Crippen molar-refractivity contribution >= 4 is 0 Å². The first-order valence-electron chi connectivity index (χ1n) is 8.45. The molecule has 1 unspecified atom stereocenters. The summed E-state index contributed by atoms with van der Waals surface area (Å²) >= 11 is 0. The molecule has 114 valence electrons. The third kappa shape index (κ3) is 7.91. The van der Waals surface area contributed by atoms with Crippen LogP contribution in [-0.2, 0) is 0 Å². The highest BCUT2D eigenvalue weighted by molar-refractivity contribution is 4.77. The van der Waals surface area contributed by atoms with Crippen molar-refractivity contribution in [2.75, 3.05) is 32.7 Å². The fourth-order valence-corrected chi connectivity index (χ4v) is 3.06. The third-order valence-corrected chi connectivity index (χ3v) is 4.05. The largest absolute Gasteiger partial charge is 0.317 e. The highest BCUT2D eigenvalue weighted by atomic mass is 15.1. The van der Waals surface area contributed by atoms with Crippen LogP contribution in [0.15, 0.2) is 0 Å². The quantitative estimate of drug-likeness (QED) is 0.638. The second-order valence-corrected chi connectivity index (χ2v) is 6.08. The van der Waals surface area contributed by atoms with Crippen molar-refractivity contribution in [2.24, 2.45) is 0 Å². The highest BCUT2D eigenvalue weighted by Gasteiger charge is 2.14. The minimum Gasteiger partial charge on any atom is -0.317 e. The molecule has 3 heteroatoms. The van der Waals surface area contributed by atoms with Crippen molar-refractivity contribution < 1.29 is 0 Å². The van der Waals surface area contributed by atoms with Gasteiger partial charge < -0.3 is 15.5 Å². The van der Waals surface area contributed by atoms with Gasteiger partial charge in [0.25, 0.3) is 0 Å². The zero-order chi connectivity index (χ0) is 13.9. The Labute approximate surface area is 120 Å². The van der Waals surface area contributed by atoms with Crippen LogP contribution in [0, 0.1) is 0 Å². The van der Waals surface area contributed by atoms with E-state index in [0.29, 0.717) is 6.04 Å². The summed E-state index contributed by atoms with van der Waals surface area (Å²) in [5.41, 5.74) is 0. The van der Waals surface area contributed by atoms with Crippen LogP contribution in [0.1, 0.15) is 59.3 Å². The Morgan fingerprint density at radius 3 is 2.32 bits per heavy atom. The summed E-state index contributed by atoms with van der Waals surface area (Å²) in [6.07, 6.45) is 7.79. The maximum Gasteiger partial charge on any atom is 0.00937 e. The van der Waals surface area contributed by atoms with E-state index < -0.39 is 0 Å². The summed E-state index contributed by atoms with van der Waals surface area (Å²) in [4.78, 5) is 2.62. The molecular formula is C16H35N3. The molecule has 0 radical (unpaired) electrons. The molecule has 1 aliphatic heterocycles. The third-order valence-electron chi connectivity index (χ3n) is 4.05. The molecule has 19 heavy (non-hydrogen) atoms. The molecular weight excluding hydrogens is 234 g/mol. The summed E-state index contributed by atoms with van der Waals surface area (Å²) in [5, 5.41) is 7.23. The molecule has 0 saturated carbocycles. The molecule has 0 amide bonds. The van der Waals surface area contributed by atoms with Crippen LogP contribution in [-0.4, -0.2) is 49.7 Å². The summed E-state index contributed by atoms with van der Waals surface area (Å²) in [5.74, 6) is 0. The van der Waals surface area contributed by atoms with Gasteiger partial charge in [-0.25, -0.2) is 0 Å². The van der Waals surface area contributed by atoms with Gasteiger partial charge >= 0.3 is 0 Å². The summed E-state index contributed by atoms with van der Waals surface area (Å²) < 4.78 is 0. The monoisotopic (exact) mass is 269 g/mol. The number of rotatable bonds is 10.